The Balaban J connectivity index is 1.80. The second kappa shape index (κ2) is 6.00. The summed E-state index contributed by atoms with van der Waals surface area (Å²) in [7, 11) is 4.09. The maximum Gasteiger partial charge on any atom is 0.122 e. The summed E-state index contributed by atoms with van der Waals surface area (Å²) in [6.07, 6.45) is 6.54. The van der Waals surface area contributed by atoms with Crippen molar-refractivity contribution in [3.05, 3.63) is 53.6 Å². The Hall–Kier alpha value is -1.65. The molecular formula is C17H23N3O. The van der Waals surface area contributed by atoms with Crippen LogP contribution in [0.3, 0.4) is 0 Å². The van der Waals surface area contributed by atoms with Gasteiger partial charge in [-0.05, 0) is 37.4 Å². The van der Waals surface area contributed by atoms with Crippen molar-refractivity contribution >= 4 is 0 Å². The number of rotatable bonds is 3. The van der Waals surface area contributed by atoms with E-state index in [1.54, 1.807) is 0 Å². The van der Waals surface area contributed by atoms with Gasteiger partial charge in [-0.15, -0.1) is 0 Å². The Bertz CT molecular complexity index is 608. The largest absolute Gasteiger partial charge is 0.387 e. The summed E-state index contributed by atoms with van der Waals surface area (Å²) < 4.78 is 2.04. The van der Waals surface area contributed by atoms with Crippen LogP contribution in [-0.4, -0.2) is 32.6 Å². The van der Waals surface area contributed by atoms with Gasteiger partial charge in [0, 0.05) is 25.5 Å². The zero-order chi connectivity index (χ0) is 14.8. The lowest BCUT2D eigenvalue weighted by Crippen LogP contribution is -2.36. The predicted molar refractivity (Wildman–Crippen MR) is 82.8 cm³/mol. The molecule has 2 atom stereocenters. The minimum absolute atomic E-state index is 0.144. The molecule has 0 amide bonds. The van der Waals surface area contributed by atoms with Gasteiger partial charge in [-0.25, -0.2) is 4.98 Å². The Morgan fingerprint density at radius 3 is 2.95 bits per heavy atom. The van der Waals surface area contributed by atoms with Gasteiger partial charge in [0.05, 0.1) is 12.6 Å². The third-order valence-electron chi connectivity index (χ3n) is 4.56. The molecule has 4 heteroatoms. The fourth-order valence-corrected chi connectivity index (χ4v) is 3.27. The normalized spacial score (nSPS) is 22.1. The van der Waals surface area contributed by atoms with Crippen LogP contribution in [0.2, 0.25) is 0 Å². The summed E-state index contributed by atoms with van der Waals surface area (Å²) in [4.78, 5) is 6.61. The molecule has 0 spiro atoms. The highest BCUT2D eigenvalue weighted by molar-refractivity contribution is 5.31. The molecule has 0 bridgehead atoms. The molecule has 1 aliphatic carbocycles. The summed E-state index contributed by atoms with van der Waals surface area (Å²) >= 11 is 0. The number of imidazole rings is 1. The first kappa shape index (κ1) is 14.3. The lowest BCUT2D eigenvalue weighted by molar-refractivity contribution is 0.0537. The van der Waals surface area contributed by atoms with Crippen LogP contribution >= 0.6 is 0 Å². The molecule has 1 aromatic heterocycles. The molecule has 2 unspecified atom stereocenters. The van der Waals surface area contributed by atoms with E-state index in [-0.39, 0.29) is 6.04 Å². The number of benzene rings is 1. The van der Waals surface area contributed by atoms with Gasteiger partial charge in [-0.1, -0.05) is 24.3 Å². The van der Waals surface area contributed by atoms with Crippen LogP contribution in [0.4, 0.5) is 0 Å². The van der Waals surface area contributed by atoms with E-state index in [2.05, 4.69) is 35.1 Å². The highest BCUT2D eigenvalue weighted by Gasteiger charge is 2.29. The van der Waals surface area contributed by atoms with Gasteiger partial charge in [-0.2, -0.15) is 0 Å². The van der Waals surface area contributed by atoms with Gasteiger partial charge in [-0.3, -0.25) is 4.90 Å². The number of aromatic nitrogens is 2. The van der Waals surface area contributed by atoms with Crippen LogP contribution in [0.15, 0.2) is 36.7 Å². The van der Waals surface area contributed by atoms with Gasteiger partial charge in [0.25, 0.3) is 0 Å². The molecule has 1 aliphatic rings. The molecule has 0 saturated carbocycles. The highest BCUT2D eigenvalue weighted by atomic mass is 16.3. The van der Waals surface area contributed by atoms with Crippen molar-refractivity contribution in [2.75, 3.05) is 7.05 Å². The van der Waals surface area contributed by atoms with Crippen molar-refractivity contribution in [1.82, 2.24) is 14.5 Å². The number of nitrogens with zero attached hydrogens (tertiary/aromatic N) is 3. The highest BCUT2D eigenvalue weighted by Crippen LogP contribution is 2.31. The van der Waals surface area contributed by atoms with E-state index in [1.165, 1.54) is 5.56 Å². The minimum atomic E-state index is -0.422. The zero-order valence-electron chi connectivity index (χ0n) is 12.7. The summed E-state index contributed by atoms with van der Waals surface area (Å²) in [6.45, 7) is 0.757. The van der Waals surface area contributed by atoms with Crippen LogP contribution in [0.1, 0.15) is 35.9 Å². The van der Waals surface area contributed by atoms with E-state index in [0.29, 0.717) is 0 Å². The van der Waals surface area contributed by atoms with Crippen LogP contribution in [0, 0.1) is 0 Å². The average molecular weight is 285 g/mol. The molecule has 4 nitrogen and oxygen atoms in total. The molecule has 112 valence electrons. The topological polar surface area (TPSA) is 41.3 Å². The molecule has 0 fully saturated rings. The molecule has 0 radical (unpaired) electrons. The SMILES string of the molecule is CN(Cc1nccn1C)C1CCCc2ccccc2C1O. The number of hydrogen-bond acceptors (Lipinski definition) is 3. The molecule has 3 rings (SSSR count). The fraction of sp³-hybridized carbons (Fsp3) is 0.471. The Labute approximate surface area is 126 Å². The summed E-state index contributed by atoms with van der Waals surface area (Å²) in [5.41, 5.74) is 2.38. The number of aliphatic hydroxyl groups excluding tert-OH is 1. The fourth-order valence-electron chi connectivity index (χ4n) is 3.27. The summed E-state index contributed by atoms with van der Waals surface area (Å²) in [5.74, 6) is 1.03. The minimum Gasteiger partial charge on any atom is -0.387 e. The van der Waals surface area contributed by atoms with E-state index in [9.17, 15) is 5.11 Å². The standard InChI is InChI=1S/C17H23N3O/c1-19-11-10-18-16(19)12-20(2)15-9-5-7-13-6-3-4-8-14(13)17(15)21/h3-4,6,8,10-11,15,17,21H,5,7,9,12H2,1-2H3. The van der Waals surface area contributed by atoms with Crippen molar-refractivity contribution in [2.24, 2.45) is 7.05 Å². The molecule has 1 aromatic carbocycles. The first-order valence-electron chi connectivity index (χ1n) is 7.59. The number of hydrogen-bond donors (Lipinski definition) is 1. The van der Waals surface area contributed by atoms with E-state index < -0.39 is 6.10 Å². The quantitative estimate of drug-likeness (QED) is 0.880. The van der Waals surface area contributed by atoms with Crippen molar-refractivity contribution in [3.63, 3.8) is 0 Å². The average Bonchev–Trinajstić information content (AvgIpc) is 2.80. The monoisotopic (exact) mass is 285 g/mol. The molecular weight excluding hydrogens is 262 g/mol. The van der Waals surface area contributed by atoms with Crippen molar-refractivity contribution in [3.8, 4) is 0 Å². The van der Waals surface area contributed by atoms with Crippen LogP contribution in [0.5, 0.6) is 0 Å². The molecule has 1 heterocycles. The molecule has 21 heavy (non-hydrogen) atoms. The molecule has 2 aromatic rings. The Morgan fingerprint density at radius 2 is 2.19 bits per heavy atom. The Kier molecular flexibility index (Phi) is 4.08. The van der Waals surface area contributed by atoms with E-state index in [0.717, 1.165) is 37.2 Å². The number of aliphatic hydroxyl groups is 1. The van der Waals surface area contributed by atoms with Gasteiger partial charge in [0.2, 0.25) is 0 Å². The maximum atomic E-state index is 10.8. The Morgan fingerprint density at radius 1 is 1.38 bits per heavy atom. The van der Waals surface area contributed by atoms with Crippen LogP contribution < -0.4 is 0 Å². The first-order chi connectivity index (χ1) is 10.2. The summed E-state index contributed by atoms with van der Waals surface area (Å²) in [6, 6.07) is 8.42. The maximum absolute atomic E-state index is 10.8. The van der Waals surface area contributed by atoms with Gasteiger partial charge >= 0.3 is 0 Å². The van der Waals surface area contributed by atoms with Gasteiger partial charge in [0.15, 0.2) is 0 Å². The van der Waals surface area contributed by atoms with Crippen molar-refractivity contribution < 1.29 is 5.11 Å². The van der Waals surface area contributed by atoms with Crippen LogP contribution in [0.25, 0.3) is 0 Å². The van der Waals surface area contributed by atoms with E-state index in [4.69, 9.17) is 0 Å². The number of likely N-dealkylation sites (N-methyl/N-ethyl adjacent to an activating group) is 1. The first-order valence-corrected chi connectivity index (χ1v) is 7.59. The zero-order valence-corrected chi connectivity index (χ0v) is 12.7. The van der Waals surface area contributed by atoms with Gasteiger partial charge < -0.3 is 9.67 Å². The predicted octanol–water partition coefficient (Wildman–Crippen LogP) is 2.29. The summed E-state index contributed by atoms with van der Waals surface area (Å²) in [5, 5.41) is 10.8. The smallest absolute Gasteiger partial charge is 0.122 e. The molecule has 1 N–H and O–H groups in total. The van der Waals surface area contributed by atoms with Gasteiger partial charge in [0.1, 0.15) is 5.82 Å². The van der Waals surface area contributed by atoms with E-state index in [1.807, 2.05) is 30.1 Å². The number of aryl methyl sites for hydroxylation is 2. The van der Waals surface area contributed by atoms with Crippen molar-refractivity contribution in [2.45, 2.75) is 38.0 Å². The van der Waals surface area contributed by atoms with E-state index >= 15 is 0 Å². The second-order valence-corrected chi connectivity index (χ2v) is 5.97. The van der Waals surface area contributed by atoms with Crippen molar-refractivity contribution in [1.29, 1.82) is 0 Å². The number of fused-ring (bicyclic) bond motifs is 1. The third kappa shape index (κ3) is 2.87. The lowest BCUT2D eigenvalue weighted by atomic mass is 9.98. The third-order valence-corrected chi connectivity index (χ3v) is 4.56. The molecule has 0 aliphatic heterocycles. The van der Waals surface area contributed by atoms with Crippen LogP contribution in [-0.2, 0) is 20.0 Å². The lowest BCUT2D eigenvalue weighted by Gasteiger charge is -2.31. The second-order valence-electron chi connectivity index (χ2n) is 5.97. The molecule has 0 saturated heterocycles.